The van der Waals surface area contributed by atoms with Crippen LogP contribution >= 0.6 is 0 Å². The third kappa shape index (κ3) is 3.53. The van der Waals surface area contributed by atoms with Crippen LogP contribution in [-0.4, -0.2) is 52.2 Å². The number of aliphatic hydroxyl groups is 1. The molecule has 1 N–H and O–H groups in total. The zero-order chi connectivity index (χ0) is 14.8. The fourth-order valence-corrected chi connectivity index (χ4v) is 3.36. The fourth-order valence-electron chi connectivity index (χ4n) is 1.38. The minimum absolute atomic E-state index is 0.0114. The lowest BCUT2D eigenvalue weighted by molar-refractivity contribution is 0.214. The van der Waals surface area contributed by atoms with Crippen molar-refractivity contribution in [3.8, 4) is 0 Å². The van der Waals surface area contributed by atoms with Crippen LogP contribution < -0.4 is 0 Å². The van der Waals surface area contributed by atoms with Gasteiger partial charge in [0.05, 0.1) is 16.4 Å². The summed E-state index contributed by atoms with van der Waals surface area (Å²) >= 11 is 0. The molecule has 0 aliphatic rings. The van der Waals surface area contributed by atoms with Gasteiger partial charge in [-0.05, 0) is 31.2 Å². The van der Waals surface area contributed by atoms with Gasteiger partial charge in [0, 0.05) is 19.3 Å². The van der Waals surface area contributed by atoms with E-state index in [2.05, 4.69) is 0 Å². The van der Waals surface area contributed by atoms with Crippen molar-refractivity contribution < 1.29 is 21.9 Å². The molecule has 0 spiro atoms. The molecule has 0 heterocycles. The van der Waals surface area contributed by atoms with Crippen molar-refractivity contribution in [1.82, 2.24) is 4.31 Å². The van der Waals surface area contributed by atoms with E-state index >= 15 is 0 Å². The van der Waals surface area contributed by atoms with E-state index < -0.39 is 25.9 Å². The number of sulfone groups is 1. The van der Waals surface area contributed by atoms with Crippen LogP contribution in [0.25, 0.3) is 0 Å². The van der Waals surface area contributed by atoms with E-state index in [1.165, 1.54) is 31.3 Å². The first-order valence-electron chi connectivity index (χ1n) is 5.49. The number of benzene rings is 1. The lowest BCUT2D eigenvalue weighted by Crippen LogP contribution is -2.37. The van der Waals surface area contributed by atoms with Gasteiger partial charge in [-0.15, -0.1) is 0 Å². The van der Waals surface area contributed by atoms with Crippen molar-refractivity contribution in [2.45, 2.75) is 22.8 Å². The van der Waals surface area contributed by atoms with E-state index in [0.717, 1.165) is 10.6 Å². The third-order valence-electron chi connectivity index (χ3n) is 2.81. The largest absolute Gasteiger partial charge is 0.395 e. The Hall–Kier alpha value is -0.960. The SMILES string of the molecule is CC(CO)N(C)S(=O)(=O)c1ccc(S(C)(=O)=O)cc1. The van der Waals surface area contributed by atoms with Gasteiger partial charge in [0.1, 0.15) is 0 Å². The number of rotatable bonds is 5. The van der Waals surface area contributed by atoms with Crippen molar-refractivity contribution in [2.24, 2.45) is 0 Å². The van der Waals surface area contributed by atoms with Crippen LogP contribution in [0.2, 0.25) is 0 Å². The predicted molar refractivity (Wildman–Crippen MR) is 71.0 cm³/mol. The smallest absolute Gasteiger partial charge is 0.243 e. The van der Waals surface area contributed by atoms with Gasteiger partial charge in [0.15, 0.2) is 9.84 Å². The van der Waals surface area contributed by atoms with Crippen molar-refractivity contribution in [2.75, 3.05) is 19.9 Å². The second kappa shape index (κ2) is 5.58. The van der Waals surface area contributed by atoms with Gasteiger partial charge in [-0.3, -0.25) is 0 Å². The maximum atomic E-state index is 12.2. The first kappa shape index (κ1) is 16.1. The molecule has 0 aliphatic heterocycles. The van der Waals surface area contributed by atoms with Crippen molar-refractivity contribution >= 4 is 19.9 Å². The fraction of sp³-hybridized carbons (Fsp3) is 0.455. The highest BCUT2D eigenvalue weighted by Crippen LogP contribution is 2.18. The molecule has 8 heteroatoms. The van der Waals surface area contributed by atoms with E-state index in [0.29, 0.717) is 0 Å². The van der Waals surface area contributed by atoms with Crippen LogP contribution in [0.5, 0.6) is 0 Å². The maximum Gasteiger partial charge on any atom is 0.243 e. The summed E-state index contributed by atoms with van der Waals surface area (Å²) in [6.07, 6.45) is 1.05. The molecule has 1 unspecified atom stereocenters. The summed E-state index contributed by atoms with van der Waals surface area (Å²) in [6.45, 7) is 1.28. The minimum atomic E-state index is -3.73. The number of sulfonamides is 1. The highest BCUT2D eigenvalue weighted by atomic mass is 32.2. The van der Waals surface area contributed by atoms with Crippen LogP contribution in [0.4, 0.5) is 0 Å². The predicted octanol–water partition coefficient (Wildman–Crippen LogP) is 0.0914. The minimum Gasteiger partial charge on any atom is -0.395 e. The molecule has 0 radical (unpaired) electrons. The Morgan fingerprint density at radius 3 is 1.89 bits per heavy atom. The molecule has 19 heavy (non-hydrogen) atoms. The molecule has 0 bridgehead atoms. The molecular weight excluding hydrogens is 290 g/mol. The second-order valence-electron chi connectivity index (χ2n) is 4.30. The summed E-state index contributed by atoms with van der Waals surface area (Å²) in [5, 5.41) is 8.98. The van der Waals surface area contributed by atoms with Crippen LogP contribution in [0.1, 0.15) is 6.92 Å². The van der Waals surface area contributed by atoms with E-state index in [4.69, 9.17) is 5.11 Å². The molecule has 108 valence electrons. The summed E-state index contributed by atoms with van der Waals surface area (Å²) in [5.41, 5.74) is 0. The third-order valence-corrected chi connectivity index (χ3v) is 5.93. The number of hydrogen-bond acceptors (Lipinski definition) is 5. The van der Waals surface area contributed by atoms with Gasteiger partial charge in [-0.2, -0.15) is 4.31 Å². The van der Waals surface area contributed by atoms with Crippen LogP contribution in [0.3, 0.4) is 0 Å². The van der Waals surface area contributed by atoms with E-state index in [-0.39, 0.29) is 16.4 Å². The Morgan fingerprint density at radius 1 is 1.11 bits per heavy atom. The van der Waals surface area contributed by atoms with Crippen LogP contribution in [0.15, 0.2) is 34.1 Å². The Bertz CT molecular complexity index is 634. The number of likely N-dealkylation sites (N-methyl/N-ethyl adjacent to an activating group) is 1. The van der Waals surface area contributed by atoms with Gasteiger partial charge in [-0.1, -0.05) is 0 Å². The van der Waals surface area contributed by atoms with Gasteiger partial charge >= 0.3 is 0 Å². The molecule has 0 fully saturated rings. The number of hydrogen-bond donors (Lipinski definition) is 1. The highest BCUT2D eigenvalue weighted by molar-refractivity contribution is 7.90. The lowest BCUT2D eigenvalue weighted by Gasteiger charge is -2.22. The summed E-state index contributed by atoms with van der Waals surface area (Å²) < 4.78 is 47.9. The molecule has 1 rings (SSSR count). The highest BCUT2D eigenvalue weighted by Gasteiger charge is 2.25. The molecule has 0 amide bonds. The van der Waals surface area contributed by atoms with Gasteiger partial charge < -0.3 is 5.11 Å². The van der Waals surface area contributed by atoms with Crippen molar-refractivity contribution in [3.05, 3.63) is 24.3 Å². The lowest BCUT2D eigenvalue weighted by atomic mass is 10.4. The first-order valence-corrected chi connectivity index (χ1v) is 8.83. The number of nitrogens with zero attached hydrogens (tertiary/aromatic N) is 1. The Morgan fingerprint density at radius 2 is 1.53 bits per heavy atom. The summed E-state index contributed by atoms with van der Waals surface area (Å²) in [5.74, 6) is 0. The molecule has 0 aromatic heterocycles. The topological polar surface area (TPSA) is 91.8 Å². The molecule has 6 nitrogen and oxygen atoms in total. The molecule has 1 aromatic rings. The van der Waals surface area contributed by atoms with E-state index in [1.54, 1.807) is 6.92 Å². The second-order valence-corrected chi connectivity index (χ2v) is 8.31. The maximum absolute atomic E-state index is 12.2. The Labute approximate surface area is 113 Å². The molecule has 1 aromatic carbocycles. The van der Waals surface area contributed by atoms with Crippen LogP contribution in [0, 0.1) is 0 Å². The van der Waals surface area contributed by atoms with E-state index in [1.807, 2.05) is 0 Å². The van der Waals surface area contributed by atoms with Gasteiger partial charge in [0.25, 0.3) is 0 Å². The standard InChI is InChI=1S/C11H17NO5S2/c1-9(8-13)12(2)19(16,17)11-6-4-10(5-7-11)18(3,14)15/h4-7,9,13H,8H2,1-3H3. The molecule has 1 atom stereocenters. The molecule has 0 aliphatic carbocycles. The molecule has 0 saturated carbocycles. The van der Waals surface area contributed by atoms with Gasteiger partial charge in [-0.25, -0.2) is 16.8 Å². The van der Waals surface area contributed by atoms with Crippen molar-refractivity contribution in [3.63, 3.8) is 0 Å². The average molecular weight is 307 g/mol. The van der Waals surface area contributed by atoms with E-state index in [9.17, 15) is 16.8 Å². The monoisotopic (exact) mass is 307 g/mol. The Kier molecular flexibility index (Phi) is 4.72. The first-order chi connectivity index (χ1) is 8.60. The number of aliphatic hydroxyl groups excluding tert-OH is 1. The summed E-state index contributed by atoms with van der Waals surface area (Å²) in [7, 11) is -5.73. The molecular formula is C11H17NO5S2. The zero-order valence-electron chi connectivity index (χ0n) is 10.9. The van der Waals surface area contributed by atoms with Gasteiger partial charge in [0.2, 0.25) is 10.0 Å². The quantitative estimate of drug-likeness (QED) is 0.832. The summed E-state index contributed by atoms with van der Waals surface area (Å²) in [6, 6.07) is 4.43. The van der Waals surface area contributed by atoms with Crippen molar-refractivity contribution in [1.29, 1.82) is 0 Å². The molecule has 0 saturated heterocycles. The zero-order valence-corrected chi connectivity index (χ0v) is 12.6. The summed E-state index contributed by atoms with van der Waals surface area (Å²) in [4.78, 5) is 0.0482. The normalized spacial score (nSPS) is 14.6. The average Bonchev–Trinajstić information content (AvgIpc) is 2.36. The Balaban J connectivity index is 3.18. The van der Waals surface area contributed by atoms with Crippen LogP contribution in [-0.2, 0) is 19.9 Å².